The molecule has 0 aliphatic carbocycles. The van der Waals surface area contributed by atoms with Crippen molar-refractivity contribution in [2.45, 2.75) is 6.92 Å². The minimum Gasteiger partial charge on any atom is -0.481 e. The lowest BCUT2D eigenvalue weighted by Gasteiger charge is -2.07. The van der Waals surface area contributed by atoms with E-state index in [1.54, 1.807) is 11.6 Å². The SMILES string of the molecule is CC(CNC(=O)Nc1nccs1)C(=O)O. The van der Waals surface area contributed by atoms with E-state index in [1.807, 2.05) is 0 Å². The van der Waals surface area contributed by atoms with E-state index in [0.29, 0.717) is 5.13 Å². The fraction of sp³-hybridized carbons (Fsp3) is 0.375. The molecule has 1 heterocycles. The second-order valence-electron chi connectivity index (χ2n) is 2.91. The average molecular weight is 229 g/mol. The number of carbonyl (C=O) groups is 2. The lowest BCUT2D eigenvalue weighted by molar-refractivity contribution is -0.140. The number of anilines is 1. The second-order valence-corrected chi connectivity index (χ2v) is 3.81. The van der Waals surface area contributed by atoms with Crippen LogP contribution in [-0.4, -0.2) is 28.6 Å². The Bertz CT molecular complexity index is 339. The summed E-state index contributed by atoms with van der Waals surface area (Å²) in [5, 5.41) is 15.7. The van der Waals surface area contributed by atoms with Gasteiger partial charge in [0.1, 0.15) is 0 Å². The number of nitrogens with one attached hydrogen (secondary N) is 2. The van der Waals surface area contributed by atoms with Gasteiger partial charge in [-0.1, -0.05) is 6.92 Å². The number of rotatable bonds is 4. The van der Waals surface area contributed by atoms with E-state index >= 15 is 0 Å². The van der Waals surface area contributed by atoms with Crippen LogP contribution in [0, 0.1) is 5.92 Å². The van der Waals surface area contributed by atoms with E-state index in [1.165, 1.54) is 18.3 Å². The van der Waals surface area contributed by atoms with Crippen LogP contribution in [0.15, 0.2) is 11.6 Å². The maximum atomic E-state index is 11.2. The average Bonchev–Trinajstić information content (AvgIpc) is 2.66. The molecule has 0 aromatic carbocycles. The van der Waals surface area contributed by atoms with Crippen LogP contribution >= 0.6 is 11.3 Å². The van der Waals surface area contributed by atoms with E-state index in [0.717, 1.165) is 0 Å². The van der Waals surface area contributed by atoms with Crippen LogP contribution in [0.1, 0.15) is 6.92 Å². The molecular formula is C8H11N3O3S. The first kappa shape index (κ1) is 11.4. The molecule has 6 nitrogen and oxygen atoms in total. The number of carboxylic acids is 1. The quantitative estimate of drug-likeness (QED) is 0.717. The minimum absolute atomic E-state index is 0.0898. The van der Waals surface area contributed by atoms with Crippen LogP contribution in [-0.2, 0) is 4.79 Å². The molecule has 0 radical (unpaired) electrons. The number of amides is 2. The third-order valence-electron chi connectivity index (χ3n) is 1.64. The molecule has 15 heavy (non-hydrogen) atoms. The van der Waals surface area contributed by atoms with Gasteiger partial charge in [-0.05, 0) is 0 Å². The molecule has 7 heteroatoms. The Labute approximate surface area is 90.3 Å². The Morgan fingerprint density at radius 1 is 1.67 bits per heavy atom. The van der Waals surface area contributed by atoms with Crippen LogP contribution in [0.3, 0.4) is 0 Å². The second kappa shape index (κ2) is 5.30. The number of carboxylic acid groups (broad SMARTS) is 1. The van der Waals surface area contributed by atoms with E-state index < -0.39 is 17.9 Å². The normalized spacial score (nSPS) is 11.8. The van der Waals surface area contributed by atoms with Crippen molar-refractivity contribution >= 4 is 28.5 Å². The first-order valence-corrected chi connectivity index (χ1v) is 5.14. The van der Waals surface area contributed by atoms with Crippen molar-refractivity contribution < 1.29 is 14.7 Å². The van der Waals surface area contributed by atoms with Gasteiger partial charge >= 0.3 is 12.0 Å². The van der Waals surface area contributed by atoms with Crippen molar-refractivity contribution in [2.75, 3.05) is 11.9 Å². The van der Waals surface area contributed by atoms with Gasteiger partial charge in [0.2, 0.25) is 0 Å². The van der Waals surface area contributed by atoms with Gasteiger partial charge in [0.25, 0.3) is 0 Å². The molecule has 3 N–H and O–H groups in total. The van der Waals surface area contributed by atoms with Crippen molar-refractivity contribution in [1.29, 1.82) is 0 Å². The number of thiazole rings is 1. The molecule has 0 bridgehead atoms. The number of hydrogen-bond acceptors (Lipinski definition) is 4. The molecule has 0 saturated carbocycles. The van der Waals surface area contributed by atoms with Crippen molar-refractivity contribution in [3.8, 4) is 0 Å². The summed E-state index contributed by atoms with van der Waals surface area (Å²) in [6, 6.07) is -0.446. The van der Waals surface area contributed by atoms with Crippen LogP contribution in [0.4, 0.5) is 9.93 Å². The summed E-state index contributed by atoms with van der Waals surface area (Å²) in [5.74, 6) is -1.54. The van der Waals surface area contributed by atoms with Gasteiger partial charge in [-0.3, -0.25) is 10.1 Å². The van der Waals surface area contributed by atoms with Gasteiger partial charge in [0, 0.05) is 18.1 Å². The Kier molecular flexibility index (Phi) is 4.04. The molecule has 0 fully saturated rings. The summed E-state index contributed by atoms with van der Waals surface area (Å²) in [7, 11) is 0. The Hall–Kier alpha value is -1.63. The van der Waals surface area contributed by atoms with Crippen LogP contribution in [0.2, 0.25) is 0 Å². The molecular weight excluding hydrogens is 218 g/mol. The molecule has 2 amide bonds. The number of aliphatic carboxylic acids is 1. The highest BCUT2D eigenvalue weighted by Gasteiger charge is 2.12. The van der Waals surface area contributed by atoms with Crippen molar-refractivity contribution in [3.63, 3.8) is 0 Å². The standard InChI is InChI=1S/C8H11N3O3S/c1-5(6(12)13)4-10-7(14)11-8-9-2-3-15-8/h2-3,5H,4H2,1H3,(H,12,13)(H2,9,10,11,14). The topological polar surface area (TPSA) is 91.3 Å². The van der Waals surface area contributed by atoms with Gasteiger partial charge in [-0.15, -0.1) is 11.3 Å². The van der Waals surface area contributed by atoms with Crippen molar-refractivity contribution in [3.05, 3.63) is 11.6 Å². The number of aromatic nitrogens is 1. The molecule has 82 valence electrons. The lowest BCUT2D eigenvalue weighted by Crippen LogP contribution is -2.34. The number of nitrogens with zero attached hydrogens (tertiary/aromatic N) is 1. The number of carbonyl (C=O) groups excluding carboxylic acids is 1. The monoisotopic (exact) mass is 229 g/mol. The Balaban J connectivity index is 2.28. The van der Waals surface area contributed by atoms with E-state index in [4.69, 9.17) is 5.11 Å². The molecule has 1 aromatic heterocycles. The smallest absolute Gasteiger partial charge is 0.321 e. The Morgan fingerprint density at radius 2 is 2.40 bits per heavy atom. The van der Waals surface area contributed by atoms with Gasteiger partial charge in [-0.2, -0.15) is 0 Å². The van der Waals surface area contributed by atoms with Crippen molar-refractivity contribution in [1.82, 2.24) is 10.3 Å². The first-order valence-electron chi connectivity index (χ1n) is 4.26. The minimum atomic E-state index is -0.940. The third-order valence-corrected chi connectivity index (χ3v) is 2.33. The summed E-state index contributed by atoms with van der Waals surface area (Å²) in [4.78, 5) is 25.5. The first-order chi connectivity index (χ1) is 7.09. The molecule has 0 aliphatic rings. The summed E-state index contributed by atoms with van der Waals surface area (Å²) >= 11 is 1.29. The fourth-order valence-electron chi connectivity index (χ4n) is 0.760. The summed E-state index contributed by atoms with van der Waals surface area (Å²) in [5.41, 5.74) is 0. The number of urea groups is 1. The summed E-state index contributed by atoms with van der Waals surface area (Å²) in [6.07, 6.45) is 1.57. The maximum Gasteiger partial charge on any atom is 0.321 e. The van der Waals surface area contributed by atoms with Crippen LogP contribution < -0.4 is 10.6 Å². The highest BCUT2D eigenvalue weighted by Crippen LogP contribution is 2.09. The van der Waals surface area contributed by atoms with E-state index in [9.17, 15) is 9.59 Å². The fourth-order valence-corrected chi connectivity index (χ4v) is 1.28. The molecule has 1 aromatic rings. The summed E-state index contributed by atoms with van der Waals surface area (Å²) in [6.45, 7) is 1.61. The van der Waals surface area contributed by atoms with Gasteiger partial charge in [0.15, 0.2) is 5.13 Å². The zero-order valence-electron chi connectivity index (χ0n) is 8.06. The van der Waals surface area contributed by atoms with Crippen LogP contribution in [0.5, 0.6) is 0 Å². The molecule has 0 spiro atoms. The molecule has 0 aliphatic heterocycles. The highest BCUT2D eigenvalue weighted by atomic mass is 32.1. The van der Waals surface area contributed by atoms with Gasteiger partial charge in [0.05, 0.1) is 5.92 Å². The molecule has 1 unspecified atom stereocenters. The van der Waals surface area contributed by atoms with E-state index in [-0.39, 0.29) is 6.54 Å². The highest BCUT2D eigenvalue weighted by molar-refractivity contribution is 7.13. The predicted molar refractivity (Wildman–Crippen MR) is 55.9 cm³/mol. The van der Waals surface area contributed by atoms with Crippen molar-refractivity contribution in [2.24, 2.45) is 5.92 Å². The third kappa shape index (κ3) is 3.94. The molecule has 0 saturated heterocycles. The van der Waals surface area contributed by atoms with Gasteiger partial charge < -0.3 is 10.4 Å². The predicted octanol–water partition coefficient (Wildman–Crippen LogP) is 0.985. The largest absolute Gasteiger partial charge is 0.481 e. The van der Waals surface area contributed by atoms with E-state index in [2.05, 4.69) is 15.6 Å². The zero-order valence-corrected chi connectivity index (χ0v) is 8.87. The number of hydrogen-bond donors (Lipinski definition) is 3. The van der Waals surface area contributed by atoms with Gasteiger partial charge in [-0.25, -0.2) is 9.78 Å². The summed E-state index contributed by atoms with van der Waals surface area (Å²) < 4.78 is 0. The Morgan fingerprint density at radius 3 is 2.93 bits per heavy atom. The zero-order chi connectivity index (χ0) is 11.3. The van der Waals surface area contributed by atoms with Crippen LogP contribution in [0.25, 0.3) is 0 Å². The maximum absolute atomic E-state index is 11.2. The molecule has 1 atom stereocenters. The lowest BCUT2D eigenvalue weighted by atomic mass is 10.2. The molecule has 1 rings (SSSR count).